The van der Waals surface area contributed by atoms with Gasteiger partial charge in [0.15, 0.2) is 0 Å². The van der Waals surface area contributed by atoms with Crippen molar-refractivity contribution in [2.75, 3.05) is 26.6 Å². The quantitative estimate of drug-likeness (QED) is 0.190. The number of hydrogen-bond acceptors (Lipinski definition) is 9. The summed E-state index contributed by atoms with van der Waals surface area (Å²) in [5.74, 6) is -0.548. The molecule has 0 atom stereocenters. The average molecular weight is 583 g/mol. The SMILES string of the molecule is CCOC(=O)Cc1c(-c2ccc(OC)cc2)sc2c1c(=O)n(CC(=O)OCC)c(=O)n2Cc1ccccc1SC. The Hall–Kier alpha value is -3.83. The summed E-state index contributed by atoms with van der Waals surface area (Å²) in [4.78, 5) is 54.9. The molecule has 2 heterocycles. The first kappa shape index (κ1) is 29.2. The van der Waals surface area contributed by atoms with Crippen molar-refractivity contribution in [3.05, 3.63) is 80.5 Å². The van der Waals surface area contributed by atoms with Gasteiger partial charge in [-0.1, -0.05) is 18.2 Å². The van der Waals surface area contributed by atoms with E-state index >= 15 is 0 Å². The van der Waals surface area contributed by atoms with Crippen molar-refractivity contribution >= 4 is 45.3 Å². The number of thiophene rings is 1. The molecule has 4 aromatic rings. The monoisotopic (exact) mass is 582 g/mol. The molecule has 2 aromatic carbocycles. The van der Waals surface area contributed by atoms with Gasteiger partial charge in [0.05, 0.1) is 38.7 Å². The second-order valence-corrected chi connectivity index (χ2v) is 10.5. The van der Waals surface area contributed by atoms with Gasteiger partial charge in [0.1, 0.15) is 17.1 Å². The van der Waals surface area contributed by atoms with Crippen LogP contribution >= 0.6 is 23.1 Å². The van der Waals surface area contributed by atoms with E-state index in [1.807, 2.05) is 42.7 Å². The highest BCUT2D eigenvalue weighted by Gasteiger charge is 2.26. The Morgan fingerprint density at radius 3 is 2.25 bits per heavy atom. The van der Waals surface area contributed by atoms with Gasteiger partial charge in [0, 0.05) is 9.77 Å². The highest BCUT2D eigenvalue weighted by molar-refractivity contribution is 7.98. The number of ether oxygens (including phenoxy) is 3. The minimum absolute atomic E-state index is 0.110. The van der Waals surface area contributed by atoms with Gasteiger partial charge in [0.2, 0.25) is 0 Å². The van der Waals surface area contributed by atoms with E-state index in [2.05, 4.69) is 0 Å². The lowest BCUT2D eigenvalue weighted by molar-refractivity contribution is -0.144. The molecule has 0 fully saturated rings. The molecule has 9 nitrogen and oxygen atoms in total. The Morgan fingerprint density at radius 2 is 1.60 bits per heavy atom. The van der Waals surface area contributed by atoms with Crippen LogP contribution in [-0.4, -0.2) is 47.7 Å². The molecule has 2 aromatic heterocycles. The van der Waals surface area contributed by atoms with Gasteiger partial charge >= 0.3 is 17.6 Å². The van der Waals surface area contributed by atoms with Crippen LogP contribution in [0.25, 0.3) is 20.7 Å². The molecule has 0 N–H and O–H groups in total. The third-order valence-corrected chi connectivity index (χ3v) is 8.39. The summed E-state index contributed by atoms with van der Waals surface area (Å²) in [6.07, 6.45) is 1.77. The summed E-state index contributed by atoms with van der Waals surface area (Å²) in [5, 5.41) is 0.203. The Morgan fingerprint density at radius 1 is 0.925 bits per heavy atom. The van der Waals surface area contributed by atoms with Crippen molar-refractivity contribution < 1.29 is 23.8 Å². The maximum Gasteiger partial charge on any atom is 0.332 e. The third-order valence-electron chi connectivity index (χ3n) is 6.25. The number of hydrogen-bond donors (Lipinski definition) is 0. The Balaban J connectivity index is 2.05. The molecule has 0 aliphatic rings. The Labute approximate surface area is 239 Å². The molecule has 0 amide bonds. The van der Waals surface area contributed by atoms with Crippen LogP contribution in [0.4, 0.5) is 0 Å². The topological polar surface area (TPSA) is 106 Å². The van der Waals surface area contributed by atoms with Crippen LogP contribution in [0.15, 0.2) is 63.0 Å². The van der Waals surface area contributed by atoms with Gasteiger partial charge in [-0.15, -0.1) is 23.1 Å². The second kappa shape index (κ2) is 13.0. The van der Waals surface area contributed by atoms with Crippen molar-refractivity contribution in [1.29, 1.82) is 0 Å². The van der Waals surface area contributed by atoms with E-state index in [9.17, 15) is 19.2 Å². The van der Waals surface area contributed by atoms with E-state index in [0.29, 0.717) is 21.0 Å². The number of thioether (sulfide) groups is 1. The Kier molecular flexibility index (Phi) is 9.49. The number of benzene rings is 2. The molecule has 0 aliphatic heterocycles. The molecular weight excluding hydrogens is 552 g/mol. The van der Waals surface area contributed by atoms with Crippen molar-refractivity contribution in [1.82, 2.24) is 9.13 Å². The molecule has 0 unspecified atom stereocenters. The van der Waals surface area contributed by atoms with Gasteiger partial charge in [-0.05, 0) is 67.1 Å². The molecule has 11 heteroatoms. The van der Waals surface area contributed by atoms with E-state index < -0.39 is 29.7 Å². The van der Waals surface area contributed by atoms with E-state index in [1.165, 1.54) is 15.9 Å². The largest absolute Gasteiger partial charge is 0.497 e. The van der Waals surface area contributed by atoms with Crippen LogP contribution in [0, 0.1) is 0 Å². The molecular formula is C29H30N2O7S2. The normalized spacial score (nSPS) is 11.0. The van der Waals surface area contributed by atoms with E-state index in [0.717, 1.165) is 20.6 Å². The van der Waals surface area contributed by atoms with E-state index in [-0.39, 0.29) is 31.6 Å². The molecule has 4 rings (SSSR count). The molecule has 0 aliphatic carbocycles. The number of nitrogens with zero attached hydrogens (tertiary/aromatic N) is 2. The zero-order valence-corrected chi connectivity index (χ0v) is 24.4. The standard InChI is InChI=1S/C29H30N2O7S2/c1-5-37-23(32)15-21-25-27(34)30(17-24(33)38-6-2)29(35)31(16-19-9-7-8-10-22(19)39-4)28(25)40-26(21)18-11-13-20(36-3)14-12-18/h7-14H,5-6,15-17H2,1-4H3. The van der Waals surface area contributed by atoms with Crippen molar-refractivity contribution in [3.63, 3.8) is 0 Å². The predicted octanol–water partition coefficient (Wildman–Crippen LogP) is 4.34. The first-order valence-corrected chi connectivity index (χ1v) is 14.7. The number of methoxy groups -OCH3 is 1. The summed E-state index contributed by atoms with van der Waals surface area (Å²) in [6.45, 7) is 3.27. The smallest absolute Gasteiger partial charge is 0.332 e. The Bertz CT molecular complexity index is 1650. The van der Waals surface area contributed by atoms with Crippen LogP contribution in [0.3, 0.4) is 0 Å². The fourth-order valence-electron chi connectivity index (χ4n) is 4.44. The minimum Gasteiger partial charge on any atom is -0.497 e. The number of esters is 2. The van der Waals surface area contributed by atoms with Crippen molar-refractivity contribution in [2.45, 2.75) is 38.3 Å². The average Bonchev–Trinajstić information content (AvgIpc) is 3.32. The van der Waals surface area contributed by atoms with E-state index in [4.69, 9.17) is 14.2 Å². The molecule has 0 saturated carbocycles. The molecule has 210 valence electrons. The van der Waals surface area contributed by atoms with Gasteiger partial charge in [0.25, 0.3) is 5.56 Å². The third kappa shape index (κ3) is 6.00. The molecule has 0 bridgehead atoms. The summed E-state index contributed by atoms with van der Waals surface area (Å²) in [7, 11) is 1.57. The number of aromatic nitrogens is 2. The van der Waals surface area contributed by atoms with Gasteiger partial charge in [-0.2, -0.15) is 0 Å². The lowest BCUT2D eigenvalue weighted by atomic mass is 10.0. The summed E-state index contributed by atoms with van der Waals surface area (Å²) in [6, 6.07) is 14.9. The van der Waals surface area contributed by atoms with Crippen LogP contribution < -0.4 is 16.0 Å². The van der Waals surface area contributed by atoms with Crippen molar-refractivity contribution in [2.24, 2.45) is 0 Å². The maximum absolute atomic E-state index is 13.9. The van der Waals surface area contributed by atoms with E-state index in [1.54, 1.807) is 44.9 Å². The van der Waals surface area contributed by atoms with Gasteiger partial charge < -0.3 is 14.2 Å². The highest BCUT2D eigenvalue weighted by atomic mass is 32.2. The fourth-order valence-corrected chi connectivity index (χ4v) is 6.36. The fraction of sp³-hybridized carbons (Fsp3) is 0.310. The number of carbonyl (C=O) groups is 2. The van der Waals surface area contributed by atoms with Crippen LogP contribution in [0.2, 0.25) is 0 Å². The first-order valence-electron chi connectivity index (χ1n) is 12.7. The predicted molar refractivity (Wildman–Crippen MR) is 157 cm³/mol. The summed E-state index contributed by atoms with van der Waals surface area (Å²) < 4.78 is 18.0. The zero-order chi connectivity index (χ0) is 28.8. The summed E-state index contributed by atoms with van der Waals surface area (Å²) >= 11 is 2.80. The molecule has 40 heavy (non-hydrogen) atoms. The highest BCUT2D eigenvalue weighted by Crippen LogP contribution is 2.38. The number of rotatable bonds is 11. The lowest BCUT2D eigenvalue weighted by Gasteiger charge is -2.14. The molecule has 0 radical (unpaired) electrons. The minimum atomic E-state index is -0.699. The molecule has 0 spiro atoms. The lowest BCUT2D eigenvalue weighted by Crippen LogP contribution is -2.42. The number of fused-ring (bicyclic) bond motifs is 1. The van der Waals surface area contributed by atoms with Gasteiger partial charge in [-0.25, -0.2) is 9.36 Å². The maximum atomic E-state index is 13.9. The molecule has 0 saturated heterocycles. The zero-order valence-electron chi connectivity index (χ0n) is 22.7. The summed E-state index contributed by atoms with van der Waals surface area (Å²) in [5.41, 5.74) is 0.787. The first-order chi connectivity index (χ1) is 19.3. The van der Waals surface area contributed by atoms with Crippen molar-refractivity contribution in [3.8, 4) is 16.2 Å². The van der Waals surface area contributed by atoms with Crippen LogP contribution in [-0.2, 0) is 38.6 Å². The van der Waals surface area contributed by atoms with Crippen LogP contribution in [0.5, 0.6) is 5.75 Å². The second-order valence-electron chi connectivity index (χ2n) is 8.68. The van der Waals surface area contributed by atoms with Gasteiger partial charge in [-0.3, -0.25) is 19.0 Å². The number of carbonyl (C=O) groups excluding carboxylic acids is 2. The van der Waals surface area contributed by atoms with Crippen LogP contribution in [0.1, 0.15) is 25.0 Å².